The number of hydrogen-bond acceptors (Lipinski definition) is 5. The molecule has 0 bridgehead atoms. The van der Waals surface area contributed by atoms with Crippen LogP contribution in [0.15, 0.2) is 36.5 Å². The Bertz CT molecular complexity index is 605. The molecule has 110 valence electrons. The number of nitrogens with one attached hydrogen (secondary N) is 1. The van der Waals surface area contributed by atoms with Crippen LogP contribution < -0.4 is 10.2 Å². The summed E-state index contributed by atoms with van der Waals surface area (Å²) in [5.74, 6) is 1.65. The normalized spacial score (nSPS) is 16.0. The molecule has 1 aliphatic rings. The summed E-state index contributed by atoms with van der Waals surface area (Å²) in [7, 11) is 2.16. The van der Waals surface area contributed by atoms with E-state index in [-0.39, 0.29) is 0 Å². The molecule has 0 saturated carbocycles. The third-order valence-electron chi connectivity index (χ3n) is 3.86. The van der Waals surface area contributed by atoms with Gasteiger partial charge in [0.15, 0.2) is 0 Å². The van der Waals surface area contributed by atoms with Gasteiger partial charge in [-0.2, -0.15) is 4.98 Å². The van der Waals surface area contributed by atoms with Crippen LogP contribution in [0.5, 0.6) is 0 Å². The molecule has 1 aromatic carbocycles. The van der Waals surface area contributed by atoms with Crippen LogP contribution in [0.25, 0.3) is 0 Å². The van der Waals surface area contributed by atoms with E-state index in [1.54, 1.807) is 0 Å². The quantitative estimate of drug-likeness (QED) is 0.936. The Hall–Kier alpha value is -2.14. The lowest BCUT2D eigenvalue weighted by atomic mass is 10.2. The predicted molar refractivity (Wildman–Crippen MR) is 86.2 cm³/mol. The molecule has 1 fully saturated rings. The molecular weight excluding hydrogens is 262 g/mol. The minimum absolute atomic E-state index is 0.653. The second-order valence-electron chi connectivity index (χ2n) is 5.47. The first kappa shape index (κ1) is 13.8. The number of nitrogens with zero attached hydrogens (tertiary/aromatic N) is 4. The van der Waals surface area contributed by atoms with Gasteiger partial charge in [-0.05, 0) is 31.7 Å². The van der Waals surface area contributed by atoms with Crippen molar-refractivity contribution < 1.29 is 0 Å². The molecule has 0 spiro atoms. The molecule has 21 heavy (non-hydrogen) atoms. The zero-order valence-electron chi connectivity index (χ0n) is 12.6. The van der Waals surface area contributed by atoms with Gasteiger partial charge in [0.05, 0.1) is 0 Å². The summed E-state index contributed by atoms with van der Waals surface area (Å²) < 4.78 is 0. The van der Waals surface area contributed by atoms with Crippen molar-refractivity contribution in [1.29, 1.82) is 0 Å². The van der Waals surface area contributed by atoms with Gasteiger partial charge in [0.1, 0.15) is 5.82 Å². The molecule has 2 heterocycles. The van der Waals surface area contributed by atoms with Gasteiger partial charge in [0.25, 0.3) is 0 Å². The van der Waals surface area contributed by atoms with E-state index < -0.39 is 0 Å². The molecule has 1 saturated heterocycles. The van der Waals surface area contributed by atoms with Crippen LogP contribution in [0.3, 0.4) is 0 Å². The number of piperazine rings is 1. The Kier molecular flexibility index (Phi) is 4.01. The standard InChI is InChI=1S/C16H21N5/c1-13-5-3-4-6-14(13)18-16-17-8-7-15(19-16)21-11-9-20(2)10-12-21/h3-8H,9-12H2,1-2H3,(H,17,18,19). The lowest BCUT2D eigenvalue weighted by Crippen LogP contribution is -2.44. The lowest BCUT2D eigenvalue weighted by molar-refractivity contribution is 0.312. The van der Waals surface area contributed by atoms with Crippen LogP contribution in [0.2, 0.25) is 0 Å². The number of anilines is 3. The second-order valence-corrected chi connectivity index (χ2v) is 5.47. The average Bonchev–Trinajstić information content (AvgIpc) is 2.51. The fourth-order valence-corrected chi connectivity index (χ4v) is 2.45. The van der Waals surface area contributed by atoms with Crippen LogP contribution in [0, 0.1) is 6.92 Å². The average molecular weight is 283 g/mol. The maximum Gasteiger partial charge on any atom is 0.229 e. The number of benzene rings is 1. The molecule has 2 aromatic rings. The molecule has 3 rings (SSSR count). The van der Waals surface area contributed by atoms with Crippen molar-refractivity contribution in [2.24, 2.45) is 0 Å². The molecule has 0 radical (unpaired) electrons. The van der Waals surface area contributed by atoms with Crippen molar-refractivity contribution in [3.05, 3.63) is 42.1 Å². The maximum atomic E-state index is 4.64. The third-order valence-corrected chi connectivity index (χ3v) is 3.86. The Labute approximate surface area is 125 Å². The molecule has 0 aliphatic carbocycles. The van der Waals surface area contributed by atoms with E-state index in [0.717, 1.165) is 37.7 Å². The van der Waals surface area contributed by atoms with Crippen LogP contribution in [-0.4, -0.2) is 48.1 Å². The molecule has 0 amide bonds. The van der Waals surface area contributed by atoms with Gasteiger partial charge in [-0.1, -0.05) is 18.2 Å². The lowest BCUT2D eigenvalue weighted by Gasteiger charge is -2.33. The van der Waals surface area contributed by atoms with Crippen molar-refractivity contribution in [2.75, 3.05) is 43.4 Å². The van der Waals surface area contributed by atoms with E-state index in [2.05, 4.69) is 45.1 Å². The van der Waals surface area contributed by atoms with E-state index in [1.807, 2.05) is 30.5 Å². The summed E-state index contributed by atoms with van der Waals surface area (Å²) in [5, 5.41) is 3.30. The first-order valence-corrected chi connectivity index (χ1v) is 7.31. The Morgan fingerprint density at radius 1 is 1.05 bits per heavy atom. The highest BCUT2D eigenvalue weighted by molar-refractivity contribution is 5.59. The Balaban J connectivity index is 1.76. The molecule has 1 aliphatic heterocycles. The van der Waals surface area contributed by atoms with E-state index >= 15 is 0 Å². The van der Waals surface area contributed by atoms with E-state index in [9.17, 15) is 0 Å². The van der Waals surface area contributed by atoms with E-state index in [4.69, 9.17) is 0 Å². The fourth-order valence-electron chi connectivity index (χ4n) is 2.45. The van der Waals surface area contributed by atoms with Gasteiger partial charge in [-0.15, -0.1) is 0 Å². The van der Waals surface area contributed by atoms with Gasteiger partial charge in [0.2, 0.25) is 5.95 Å². The van der Waals surface area contributed by atoms with Crippen molar-refractivity contribution in [1.82, 2.24) is 14.9 Å². The van der Waals surface area contributed by atoms with Crippen LogP contribution in [0.4, 0.5) is 17.5 Å². The first-order valence-electron chi connectivity index (χ1n) is 7.31. The number of aryl methyl sites for hydroxylation is 1. The van der Waals surface area contributed by atoms with Crippen molar-refractivity contribution in [2.45, 2.75) is 6.92 Å². The third kappa shape index (κ3) is 3.31. The van der Waals surface area contributed by atoms with Crippen molar-refractivity contribution in [3.8, 4) is 0 Å². The Morgan fingerprint density at radius 2 is 1.81 bits per heavy atom. The molecule has 0 atom stereocenters. The van der Waals surface area contributed by atoms with Gasteiger partial charge < -0.3 is 15.1 Å². The highest BCUT2D eigenvalue weighted by Gasteiger charge is 2.15. The maximum absolute atomic E-state index is 4.64. The van der Waals surface area contributed by atoms with Crippen LogP contribution in [-0.2, 0) is 0 Å². The highest BCUT2D eigenvalue weighted by atomic mass is 15.3. The summed E-state index contributed by atoms with van der Waals surface area (Å²) in [4.78, 5) is 13.6. The van der Waals surface area contributed by atoms with Crippen molar-refractivity contribution in [3.63, 3.8) is 0 Å². The van der Waals surface area contributed by atoms with E-state index in [0.29, 0.717) is 5.95 Å². The van der Waals surface area contributed by atoms with Crippen LogP contribution in [0.1, 0.15) is 5.56 Å². The number of hydrogen-bond donors (Lipinski definition) is 1. The first-order chi connectivity index (χ1) is 10.2. The summed E-state index contributed by atoms with van der Waals surface area (Å²) in [5.41, 5.74) is 2.24. The fraction of sp³-hybridized carbons (Fsp3) is 0.375. The molecule has 0 unspecified atom stereocenters. The number of para-hydroxylation sites is 1. The summed E-state index contributed by atoms with van der Waals surface area (Å²) in [6.45, 7) is 6.25. The summed E-state index contributed by atoms with van der Waals surface area (Å²) in [6, 6.07) is 10.1. The largest absolute Gasteiger partial charge is 0.354 e. The summed E-state index contributed by atoms with van der Waals surface area (Å²) in [6.07, 6.45) is 1.82. The van der Waals surface area contributed by atoms with Gasteiger partial charge in [-0.3, -0.25) is 0 Å². The number of likely N-dealkylation sites (N-methyl/N-ethyl adjacent to an activating group) is 1. The molecule has 1 N–H and O–H groups in total. The minimum Gasteiger partial charge on any atom is -0.354 e. The number of aromatic nitrogens is 2. The van der Waals surface area contributed by atoms with Gasteiger partial charge in [-0.25, -0.2) is 4.98 Å². The van der Waals surface area contributed by atoms with Crippen LogP contribution >= 0.6 is 0 Å². The zero-order valence-corrected chi connectivity index (χ0v) is 12.6. The highest BCUT2D eigenvalue weighted by Crippen LogP contribution is 2.19. The monoisotopic (exact) mass is 283 g/mol. The SMILES string of the molecule is Cc1ccccc1Nc1nccc(N2CCN(C)CC2)n1. The topological polar surface area (TPSA) is 44.3 Å². The van der Waals surface area contributed by atoms with Gasteiger partial charge in [0, 0.05) is 38.1 Å². The van der Waals surface area contributed by atoms with Crippen molar-refractivity contribution >= 4 is 17.5 Å². The minimum atomic E-state index is 0.653. The molecular formula is C16H21N5. The molecule has 1 aromatic heterocycles. The van der Waals surface area contributed by atoms with Gasteiger partial charge >= 0.3 is 0 Å². The zero-order chi connectivity index (χ0) is 14.7. The smallest absolute Gasteiger partial charge is 0.229 e. The van der Waals surface area contributed by atoms with E-state index in [1.165, 1.54) is 5.56 Å². The molecule has 5 nitrogen and oxygen atoms in total. The number of rotatable bonds is 3. The Morgan fingerprint density at radius 3 is 2.57 bits per heavy atom. The summed E-state index contributed by atoms with van der Waals surface area (Å²) >= 11 is 0. The second kappa shape index (κ2) is 6.10. The molecule has 5 heteroatoms. The predicted octanol–water partition coefficient (Wildman–Crippen LogP) is 2.28.